The third-order valence-electron chi connectivity index (χ3n) is 5.40. The fourth-order valence-corrected chi connectivity index (χ4v) is 3.86. The maximum atomic E-state index is 12.7. The lowest BCUT2D eigenvalue weighted by atomic mass is 10.0. The van der Waals surface area contributed by atoms with Crippen LogP contribution in [0.1, 0.15) is 46.8 Å². The number of nitrogens with one attached hydrogen (secondary N) is 1. The predicted octanol–water partition coefficient (Wildman–Crippen LogP) is 5.63. The van der Waals surface area contributed by atoms with Gasteiger partial charge in [0.2, 0.25) is 0 Å². The van der Waals surface area contributed by atoms with E-state index in [0.29, 0.717) is 11.5 Å². The molecule has 1 aliphatic heterocycles. The molecule has 0 spiro atoms. The van der Waals surface area contributed by atoms with Crippen molar-refractivity contribution in [3.05, 3.63) is 95.1 Å². The number of para-hydroxylation sites is 2. The fraction of sp³-hybridized carbons (Fsp3) is 0.240. The highest BCUT2D eigenvalue weighted by Crippen LogP contribution is 2.29. The molecule has 3 nitrogen and oxygen atoms in total. The molecular formula is C25H26N2O. The topological polar surface area (TPSA) is 32.3 Å². The first-order valence-corrected chi connectivity index (χ1v) is 9.94. The van der Waals surface area contributed by atoms with Crippen LogP contribution in [0.3, 0.4) is 0 Å². The van der Waals surface area contributed by atoms with Gasteiger partial charge in [0.15, 0.2) is 0 Å². The van der Waals surface area contributed by atoms with Crippen molar-refractivity contribution in [3.63, 3.8) is 0 Å². The number of hydrogen-bond donors (Lipinski definition) is 1. The van der Waals surface area contributed by atoms with E-state index in [2.05, 4.69) is 66.5 Å². The molecule has 0 saturated carbocycles. The van der Waals surface area contributed by atoms with Crippen molar-refractivity contribution in [1.82, 2.24) is 0 Å². The molecule has 0 bridgehead atoms. The van der Waals surface area contributed by atoms with E-state index in [4.69, 9.17) is 0 Å². The largest absolute Gasteiger partial charge is 0.367 e. The maximum Gasteiger partial charge on any atom is 0.255 e. The molecule has 0 fully saturated rings. The van der Waals surface area contributed by atoms with E-state index in [1.807, 2.05) is 30.3 Å². The van der Waals surface area contributed by atoms with E-state index in [-0.39, 0.29) is 5.91 Å². The lowest BCUT2D eigenvalue weighted by molar-refractivity contribution is 0.102. The maximum absolute atomic E-state index is 12.7. The zero-order valence-corrected chi connectivity index (χ0v) is 16.5. The second kappa shape index (κ2) is 7.89. The SMILES string of the molecule is CC(C)c1ccccc1NC(=O)c1ccc(CN2CCc3ccccc32)cc1. The van der Waals surface area contributed by atoms with Gasteiger partial charge in [0.1, 0.15) is 0 Å². The minimum Gasteiger partial charge on any atom is -0.367 e. The monoisotopic (exact) mass is 370 g/mol. The Morgan fingerprint density at radius 2 is 1.68 bits per heavy atom. The van der Waals surface area contributed by atoms with Crippen LogP contribution in [-0.4, -0.2) is 12.5 Å². The first kappa shape index (κ1) is 18.3. The van der Waals surface area contributed by atoms with E-state index in [9.17, 15) is 4.79 Å². The minimum atomic E-state index is -0.0637. The number of nitrogens with zero attached hydrogens (tertiary/aromatic N) is 1. The summed E-state index contributed by atoms with van der Waals surface area (Å²) < 4.78 is 0. The molecule has 1 aliphatic rings. The highest BCUT2D eigenvalue weighted by molar-refractivity contribution is 6.04. The van der Waals surface area contributed by atoms with E-state index >= 15 is 0 Å². The van der Waals surface area contributed by atoms with Crippen LogP contribution in [0.5, 0.6) is 0 Å². The summed E-state index contributed by atoms with van der Waals surface area (Å²) in [5.41, 5.74) is 6.69. The molecule has 4 rings (SSSR count). The predicted molar refractivity (Wildman–Crippen MR) is 116 cm³/mol. The molecule has 1 N–H and O–H groups in total. The van der Waals surface area contributed by atoms with Crippen LogP contribution in [0.2, 0.25) is 0 Å². The highest BCUT2D eigenvalue weighted by atomic mass is 16.1. The summed E-state index contributed by atoms with van der Waals surface area (Å²) in [7, 11) is 0. The average Bonchev–Trinajstić information content (AvgIpc) is 3.12. The van der Waals surface area contributed by atoms with Gasteiger partial charge in [-0.25, -0.2) is 0 Å². The molecule has 0 aliphatic carbocycles. The first-order valence-electron chi connectivity index (χ1n) is 9.94. The summed E-state index contributed by atoms with van der Waals surface area (Å²) in [6, 6.07) is 24.6. The van der Waals surface area contributed by atoms with Crippen LogP contribution < -0.4 is 10.2 Å². The third kappa shape index (κ3) is 3.79. The fourth-order valence-electron chi connectivity index (χ4n) is 3.86. The van der Waals surface area contributed by atoms with E-state index in [1.165, 1.54) is 16.8 Å². The molecule has 0 atom stereocenters. The molecule has 3 aromatic rings. The summed E-state index contributed by atoms with van der Waals surface area (Å²) >= 11 is 0. The lowest BCUT2D eigenvalue weighted by Crippen LogP contribution is -2.19. The van der Waals surface area contributed by atoms with Crippen LogP contribution >= 0.6 is 0 Å². The number of amides is 1. The summed E-state index contributed by atoms with van der Waals surface area (Å²) in [5.74, 6) is 0.299. The third-order valence-corrected chi connectivity index (χ3v) is 5.40. The normalized spacial score (nSPS) is 12.9. The van der Waals surface area contributed by atoms with Crippen LogP contribution in [0.4, 0.5) is 11.4 Å². The Labute approximate surface area is 167 Å². The molecule has 0 unspecified atom stereocenters. The Hall–Kier alpha value is -3.07. The number of carbonyl (C=O) groups excluding carboxylic acids is 1. The van der Waals surface area contributed by atoms with E-state index in [1.54, 1.807) is 0 Å². The molecule has 142 valence electrons. The Morgan fingerprint density at radius 1 is 0.964 bits per heavy atom. The second-order valence-electron chi connectivity index (χ2n) is 7.69. The van der Waals surface area contributed by atoms with Crippen LogP contribution in [0.25, 0.3) is 0 Å². The summed E-state index contributed by atoms with van der Waals surface area (Å²) in [6.45, 7) is 6.19. The zero-order valence-electron chi connectivity index (χ0n) is 16.5. The van der Waals surface area contributed by atoms with Crippen molar-refractivity contribution >= 4 is 17.3 Å². The number of anilines is 2. The number of fused-ring (bicyclic) bond motifs is 1. The second-order valence-corrected chi connectivity index (χ2v) is 7.69. The highest BCUT2D eigenvalue weighted by Gasteiger charge is 2.18. The zero-order chi connectivity index (χ0) is 19.5. The van der Waals surface area contributed by atoms with Crippen molar-refractivity contribution in [3.8, 4) is 0 Å². The van der Waals surface area contributed by atoms with E-state index < -0.39 is 0 Å². The van der Waals surface area contributed by atoms with Gasteiger partial charge in [-0.3, -0.25) is 4.79 Å². The van der Waals surface area contributed by atoms with Gasteiger partial charge in [-0.2, -0.15) is 0 Å². The Bertz CT molecular complexity index is 976. The van der Waals surface area contributed by atoms with Gasteiger partial charge >= 0.3 is 0 Å². The number of hydrogen-bond acceptors (Lipinski definition) is 2. The lowest BCUT2D eigenvalue weighted by Gasteiger charge is -2.19. The van der Waals surface area contributed by atoms with Crippen LogP contribution in [0.15, 0.2) is 72.8 Å². The summed E-state index contributed by atoms with van der Waals surface area (Å²) in [4.78, 5) is 15.1. The van der Waals surface area contributed by atoms with Crippen molar-refractivity contribution < 1.29 is 4.79 Å². The summed E-state index contributed by atoms with van der Waals surface area (Å²) in [6.07, 6.45) is 1.10. The van der Waals surface area contributed by atoms with Gasteiger partial charge < -0.3 is 10.2 Å². The minimum absolute atomic E-state index is 0.0637. The standard InChI is InChI=1S/C25H26N2O/c1-18(2)22-8-4-5-9-23(22)26-25(28)21-13-11-19(12-14-21)17-27-16-15-20-7-3-6-10-24(20)27/h3-14,18H,15-17H2,1-2H3,(H,26,28). The number of benzene rings is 3. The Morgan fingerprint density at radius 3 is 2.46 bits per heavy atom. The van der Waals surface area contributed by atoms with Gasteiger partial charge in [-0.1, -0.05) is 62.4 Å². The van der Waals surface area contributed by atoms with Crippen molar-refractivity contribution in [2.75, 3.05) is 16.8 Å². The molecular weight excluding hydrogens is 344 g/mol. The van der Waals surface area contributed by atoms with Gasteiger partial charge in [0.05, 0.1) is 0 Å². The average molecular weight is 370 g/mol. The van der Waals surface area contributed by atoms with Crippen LogP contribution in [-0.2, 0) is 13.0 Å². The molecule has 3 aromatic carbocycles. The molecule has 1 amide bonds. The van der Waals surface area contributed by atoms with Gasteiger partial charge in [-0.05, 0) is 53.3 Å². The summed E-state index contributed by atoms with van der Waals surface area (Å²) in [5, 5.41) is 3.06. The van der Waals surface area contributed by atoms with Crippen molar-refractivity contribution in [2.24, 2.45) is 0 Å². The van der Waals surface area contributed by atoms with E-state index in [0.717, 1.165) is 30.8 Å². The first-order chi connectivity index (χ1) is 13.6. The molecule has 0 radical (unpaired) electrons. The smallest absolute Gasteiger partial charge is 0.255 e. The van der Waals surface area contributed by atoms with Crippen molar-refractivity contribution in [2.45, 2.75) is 32.7 Å². The molecule has 0 aromatic heterocycles. The number of rotatable bonds is 5. The molecule has 3 heteroatoms. The quantitative estimate of drug-likeness (QED) is 0.632. The van der Waals surface area contributed by atoms with Crippen LogP contribution in [0, 0.1) is 0 Å². The van der Waals surface area contributed by atoms with Gasteiger partial charge in [0.25, 0.3) is 5.91 Å². The Kier molecular flexibility index (Phi) is 5.16. The molecule has 0 saturated heterocycles. The molecule has 28 heavy (non-hydrogen) atoms. The van der Waals surface area contributed by atoms with Crippen molar-refractivity contribution in [1.29, 1.82) is 0 Å². The molecule has 1 heterocycles. The van der Waals surface area contributed by atoms with Gasteiger partial charge in [-0.15, -0.1) is 0 Å². The number of carbonyl (C=O) groups is 1. The van der Waals surface area contributed by atoms with Gasteiger partial charge in [0, 0.05) is 30.0 Å². The Balaban J connectivity index is 1.44.